The molecule has 0 radical (unpaired) electrons. The summed E-state index contributed by atoms with van der Waals surface area (Å²) in [6.45, 7) is 2.09. The number of hydrogen-bond donors (Lipinski definition) is 1. The predicted molar refractivity (Wildman–Crippen MR) is 123 cm³/mol. The second kappa shape index (κ2) is 7.09. The summed E-state index contributed by atoms with van der Waals surface area (Å²) >= 11 is 0. The maximum atomic E-state index is 11.6. The SMILES string of the molecule is Cc1cccc(N(C)c2ccc3c(C4=Cc5nccc(C(=O)O)c5C4)n(C)nc3c2)c1. The second-order valence-electron chi connectivity index (χ2n) is 7.95. The van der Waals surface area contributed by atoms with Gasteiger partial charge in [0.05, 0.1) is 22.5 Å². The Morgan fingerprint density at radius 2 is 1.94 bits per heavy atom. The third kappa shape index (κ3) is 3.17. The topological polar surface area (TPSA) is 71.2 Å². The van der Waals surface area contributed by atoms with E-state index in [2.05, 4.69) is 66.3 Å². The number of allylic oxidation sites excluding steroid dienone is 1. The lowest BCUT2D eigenvalue weighted by atomic mass is 10.0. The Hall–Kier alpha value is -3.93. The molecule has 2 aromatic carbocycles. The molecule has 0 spiro atoms. The number of fused-ring (bicyclic) bond motifs is 2. The summed E-state index contributed by atoms with van der Waals surface area (Å²) < 4.78 is 1.87. The smallest absolute Gasteiger partial charge is 0.336 e. The van der Waals surface area contributed by atoms with Gasteiger partial charge in [-0.25, -0.2) is 4.79 Å². The van der Waals surface area contributed by atoms with Crippen molar-refractivity contribution in [3.63, 3.8) is 0 Å². The zero-order chi connectivity index (χ0) is 21.7. The van der Waals surface area contributed by atoms with Crippen LogP contribution in [0.15, 0.2) is 54.7 Å². The van der Waals surface area contributed by atoms with Crippen LogP contribution in [0.4, 0.5) is 11.4 Å². The van der Waals surface area contributed by atoms with E-state index in [-0.39, 0.29) is 0 Å². The van der Waals surface area contributed by atoms with Gasteiger partial charge in [-0.1, -0.05) is 12.1 Å². The van der Waals surface area contributed by atoms with Crippen LogP contribution in [0.5, 0.6) is 0 Å². The summed E-state index contributed by atoms with van der Waals surface area (Å²) in [5, 5.41) is 15.3. The third-order valence-electron chi connectivity index (χ3n) is 5.90. The van der Waals surface area contributed by atoms with Gasteiger partial charge in [0.15, 0.2) is 0 Å². The highest BCUT2D eigenvalue weighted by molar-refractivity contribution is 6.01. The van der Waals surface area contributed by atoms with Crippen molar-refractivity contribution in [3.05, 3.63) is 82.8 Å². The fourth-order valence-corrected chi connectivity index (χ4v) is 4.34. The first-order valence-corrected chi connectivity index (χ1v) is 10.1. The van der Waals surface area contributed by atoms with Gasteiger partial charge in [0.25, 0.3) is 0 Å². The molecule has 0 aliphatic heterocycles. The molecule has 1 aliphatic carbocycles. The molecular formula is C25H22N4O2. The zero-order valence-corrected chi connectivity index (χ0v) is 17.6. The highest BCUT2D eigenvalue weighted by Crippen LogP contribution is 2.37. The van der Waals surface area contributed by atoms with E-state index in [1.165, 1.54) is 5.56 Å². The van der Waals surface area contributed by atoms with E-state index in [0.717, 1.165) is 44.8 Å². The summed E-state index contributed by atoms with van der Waals surface area (Å²) in [6, 6.07) is 16.2. The van der Waals surface area contributed by atoms with Gasteiger partial charge in [0, 0.05) is 43.5 Å². The lowest BCUT2D eigenvalue weighted by Crippen LogP contribution is -2.09. The lowest BCUT2D eigenvalue weighted by Gasteiger charge is -2.20. The molecule has 5 rings (SSSR count). The van der Waals surface area contributed by atoms with Crippen molar-refractivity contribution in [2.24, 2.45) is 7.05 Å². The molecule has 0 saturated heterocycles. The molecule has 4 aromatic rings. The van der Waals surface area contributed by atoms with Crippen LogP contribution in [0.25, 0.3) is 22.6 Å². The number of hydrogen-bond acceptors (Lipinski definition) is 4. The van der Waals surface area contributed by atoms with Gasteiger partial charge in [0.1, 0.15) is 0 Å². The monoisotopic (exact) mass is 410 g/mol. The molecular weight excluding hydrogens is 388 g/mol. The number of nitrogens with zero attached hydrogens (tertiary/aromatic N) is 4. The highest BCUT2D eigenvalue weighted by Gasteiger charge is 2.24. The van der Waals surface area contributed by atoms with Gasteiger partial charge in [-0.3, -0.25) is 9.67 Å². The molecule has 31 heavy (non-hydrogen) atoms. The number of anilines is 2. The molecule has 1 aliphatic rings. The number of benzene rings is 2. The lowest BCUT2D eigenvalue weighted by molar-refractivity contribution is 0.0695. The Bertz CT molecular complexity index is 1380. The Kier molecular flexibility index (Phi) is 4.36. The van der Waals surface area contributed by atoms with Gasteiger partial charge in [-0.15, -0.1) is 0 Å². The summed E-state index contributed by atoms with van der Waals surface area (Å²) in [6.07, 6.45) is 4.06. The van der Waals surface area contributed by atoms with E-state index < -0.39 is 5.97 Å². The Morgan fingerprint density at radius 3 is 2.71 bits per heavy atom. The molecule has 0 amide bonds. The molecule has 6 heteroatoms. The van der Waals surface area contributed by atoms with Crippen LogP contribution in [0.2, 0.25) is 0 Å². The summed E-state index contributed by atoms with van der Waals surface area (Å²) in [4.78, 5) is 18.1. The van der Waals surface area contributed by atoms with E-state index >= 15 is 0 Å². The second-order valence-corrected chi connectivity index (χ2v) is 7.95. The molecule has 154 valence electrons. The quantitative estimate of drug-likeness (QED) is 0.521. The minimum absolute atomic E-state index is 0.310. The van der Waals surface area contributed by atoms with Gasteiger partial charge < -0.3 is 10.0 Å². The van der Waals surface area contributed by atoms with E-state index in [0.29, 0.717) is 12.0 Å². The predicted octanol–water partition coefficient (Wildman–Crippen LogP) is 4.84. The Labute approximate surface area is 180 Å². The normalized spacial score (nSPS) is 12.7. The van der Waals surface area contributed by atoms with Crippen molar-refractivity contribution < 1.29 is 9.90 Å². The number of pyridine rings is 1. The van der Waals surface area contributed by atoms with Crippen LogP contribution >= 0.6 is 0 Å². The molecule has 0 bridgehead atoms. The summed E-state index contributed by atoms with van der Waals surface area (Å²) in [5.74, 6) is -0.924. The number of aromatic nitrogens is 3. The average Bonchev–Trinajstić information content (AvgIpc) is 3.31. The fraction of sp³-hybridized carbons (Fsp3) is 0.160. The van der Waals surface area contributed by atoms with Crippen molar-refractivity contribution in [3.8, 4) is 0 Å². The van der Waals surface area contributed by atoms with E-state index in [1.54, 1.807) is 12.3 Å². The Balaban J connectivity index is 1.54. The van der Waals surface area contributed by atoms with E-state index in [4.69, 9.17) is 5.10 Å². The summed E-state index contributed by atoms with van der Waals surface area (Å²) in [7, 11) is 3.98. The van der Waals surface area contributed by atoms with E-state index in [1.807, 2.05) is 17.8 Å². The first-order chi connectivity index (χ1) is 14.9. The van der Waals surface area contributed by atoms with Crippen LogP contribution in [0, 0.1) is 6.92 Å². The molecule has 0 saturated carbocycles. The number of aryl methyl sites for hydroxylation is 2. The van der Waals surface area contributed by atoms with E-state index in [9.17, 15) is 9.90 Å². The third-order valence-corrected chi connectivity index (χ3v) is 5.90. The zero-order valence-electron chi connectivity index (χ0n) is 17.6. The minimum Gasteiger partial charge on any atom is -0.478 e. The highest BCUT2D eigenvalue weighted by atomic mass is 16.4. The van der Waals surface area contributed by atoms with Crippen molar-refractivity contribution in [2.75, 3.05) is 11.9 Å². The number of carboxylic acid groups (broad SMARTS) is 1. The first kappa shape index (κ1) is 19.1. The Morgan fingerprint density at radius 1 is 1.13 bits per heavy atom. The fourth-order valence-electron chi connectivity index (χ4n) is 4.34. The molecule has 2 aromatic heterocycles. The van der Waals surface area contributed by atoms with Crippen LogP contribution in [-0.4, -0.2) is 32.9 Å². The summed E-state index contributed by atoms with van der Waals surface area (Å²) in [5.41, 5.74) is 8.11. The number of carbonyl (C=O) groups is 1. The minimum atomic E-state index is -0.924. The average molecular weight is 410 g/mol. The van der Waals surface area contributed by atoms with Crippen molar-refractivity contribution in [1.29, 1.82) is 0 Å². The number of rotatable bonds is 4. The standard InChI is InChI=1S/C25H22N4O2/c1-15-5-4-6-17(11-15)28(2)18-7-8-20-23(14-18)27-29(3)24(20)16-12-21-19(25(30)31)9-10-26-22(21)13-16/h4-11,13-14H,12H2,1-3H3,(H,30,31). The van der Waals surface area contributed by atoms with Gasteiger partial charge in [0.2, 0.25) is 0 Å². The maximum Gasteiger partial charge on any atom is 0.336 e. The van der Waals surface area contributed by atoms with Crippen LogP contribution in [-0.2, 0) is 13.5 Å². The molecule has 0 unspecified atom stereocenters. The van der Waals surface area contributed by atoms with Crippen molar-refractivity contribution in [2.45, 2.75) is 13.3 Å². The maximum absolute atomic E-state index is 11.6. The molecule has 6 nitrogen and oxygen atoms in total. The molecule has 0 fully saturated rings. The van der Waals surface area contributed by atoms with Crippen LogP contribution < -0.4 is 4.90 Å². The molecule has 0 atom stereocenters. The molecule has 2 heterocycles. The van der Waals surface area contributed by atoms with Gasteiger partial charge in [-0.05, 0) is 66.1 Å². The van der Waals surface area contributed by atoms with Crippen molar-refractivity contribution >= 4 is 39.9 Å². The van der Waals surface area contributed by atoms with Gasteiger partial charge in [-0.2, -0.15) is 5.10 Å². The first-order valence-electron chi connectivity index (χ1n) is 10.1. The van der Waals surface area contributed by atoms with Gasteiger partial charge >= 0.3 is 5.97 Å². The van der Waals surface area contributed by atoms with Crippen LogP contribution in [0.3, 0.4) is 0 Å². The van der Waals surface area contributed by atoms with Crippen molar-refractivity contribution in [1.82, 2.24) is 14.8 Å². The molecule has 1 N–H and O–H groups in total. The number of carboxylic acids is 1. The number of aromatic carboxylic acids is 1. The largest absolute Gasteiger partial charge is 0.478 e. The van der Waals surface area contributed by atoms with Crippen LogP contribution in [0.1, 0.15) is 32.9 Å².